The van der Waals surface area contributed by atoms with E-state index in [4.69, 9.17) is 18.3 Å². The smallest absolute Gasteiger partial charge is 0.397 e. The van der Waals surface area contributed by atoms with E-state index in [-0.39, 0.29) is 5.41 Å². The summed E-state index contributed by atoms with van der Waals surface area (Å²) in [6, 6.07) is 7.37. The van der Waals surface area contributed by atoms with Gasteiger partial charge in [-0.05, 0) is 24.3 Å². The summed E-state index contributed by atoms with van der Waals surface area (Å²) in [4.78, 5) is 0. The second-order valence-electron chi connectivity index (χ2n) is 4.70. The van der Waals surface area contributed by atoms with Gasteiger partial charge in [-0.1, -0.05) is 13.8 Å². The Balaban J connectivity index is 1.89. The lowest BCUT2D eigenvalue weighted by atomic mass is 9.97. The third kappa shape index (κ3) is 3.56. The van der Waals surface area contributed by atoms with Crippen LogP contribution in [0.15, 0.2) is 24.3 Å². The van der Waals surface area contributed by atoms with E-state index in [1.165, 1.54) is 0 Å². The Bertz CT molecular complexity index is 353. The van der Waals surface area contributed by atoms with Gasteiger partial charge in [-0.3, -0.25) is 0 Å². The first-order valence-electron chi connectivity index (χ1n) is 5.47. The predicted molar refractivity (Wildman–Crippen MR) is 66.2 cm³/mol. The lowest BCUT2D eigenvalue weighted by molar-refractivity contribution is 0.0426. The summed E-state index contributed by atoms with van der Waals surface area (Å²) in [5, 5.41) is 0. The zero-order valence-electron chi connectivity index (χ0n) is 10.3. The van der Waals surface area contributed by atoms with E-state index in [1.807, 2.05) is 24.3 Å². The predicted octanol–water partition coefficient (Wildman–Crippen LogP) is 3.37. The van der Waals surface area contributed by atoms with Crippen LogP contribution in [0.3, 0.4) is 0 Å². The summed E-state index contributed by atoms with van der Waals surface area (Å²) >= 11 is 0. The second-order valence-corrected chi connectivity index (χ2v) is 5.85. The van der Waals surface area contributed by atoms with Gasteiger partial charge in [-0.15, -0.1) is 0 Å². The monoisotopic (exact) mass is 256 g/mol. The molecule has 5 heteroatoms. The minimum Gasteiger partial charge on any atom is -0.497 e. The van der Waals surface area contributed by atoms with Crippen molar-refractivity contribution in [3.8, 4) is 11.5 Å². The number of benzene rings is 1. The summed E-state index contributed by atoms with van der Waals surface area (Å²) in [7, 11) is 0.373. The van der Waals surface area contributed by atoms with Crippen LogP contribution in [0.25, 0.3) is 0 Å². The van der Waals surface area contributed by atoms with Crippen molar-refractivity contribution >= 4 is 8.60 Å². The van der Waals surface area contributed by atoms with Gasteiger partial charge < -0.3 is 18.3 Å². The molecule has 0 amide bonds. The largest absolute Gasteiger partial charge is 0.497 e. The molecule has 4 nitrogen and oxygen atoms in total. The first-order valence-corrected chi connectivity index (χ1v) is 6.57. The van der Waals surface area contributed by atoms with Gasteiger partial charge in [0, 0.05) is 5.41 Å². The third-order valence-corrected chi connectivity index (χ3v) is 3.40. The van der Waals surface area contributed by atoms with Crippen molar-refractivity contribution in [3.05, 3.63) is 24.3 Å². The number of ether oxygens (including phenoxy) is 1. The Kier molecular flexibility index (Phi) is 3.87. The molecule has 1 aliphatic heterocycles. The van der Waals surface area contributed by atoms with Crippen LogP contribution >= 0.6 is 8.60 Å². The molecule has 0 N–H and O–H groups in total. The molecule has 1 heterocycles. The maximum atomic E-state index is 5.61. The van der Waals surface area contributed by atoms with E-state index in [1.54, 1.807) is 7.11 Å². The van der Waals surface area contributed by atoms with Crippen molar-refractivity contribution in [2.75, 3.05) is 20.3 Å². The minimum absolute atomic E-state index is 0.0715. The summed E-state index contributed by atoms with van der Waals surface area (Å²) in [5.74, 6) is 1.54. The van der Waals surface area contributed by atoms with Crippen molar-refractivity contribution < 1.29 is 18.3 Å². The molecule has 1 aromatic carbocycles. The van der Waals surface area contributed by atoms with E-state index in [0.717, 1.165) is 11.5 Å². The molecule has 0 atom stereocenters. The molecule has 0 aliphatic carbocycles. The van der Waals surface area contributed by atoms with Crippen molar-refractivity contribution in [3.63, 3.8) is 0 Å². The zero-order valence-corrected chi connectivity index (χ0v) is 11.2. The normalized spacial score (nSPS) is 19.9. The van der Waals surface area contributed by atoms with Crippen molar-refractivity contribution in [2.24, 2.45) is 5.41 Å². The molecule has 94 valence electrons. The summed E-state index contributed by atoms with van der Waals surface area (Å²) in [6.45, 7) is 5.53. The molecular weight excluding hydrogens is 239 g/mol. The molecule has 0 saturated carbocycles. The molecule has 1 saturated heterocycles. The first-order chi connectivity index (χ1) is 8.09. The van der Waals surface area contributed by atoms with Gasteiger partial charge >= 0.3 is 8.60 Å². The topological polar surface area (TPSA) is 36.9 Å². The van der Waals surface area contributed by atoms with Gasteiger partial charge in [-0.2, -0.15) is 0 Å². The highest BCUT2D eigenvalue weighted by Gasteiger charge is 2.31. The van der Waals surface area contributed by atoms with Gasteiger partial charge in [0.15, 0.2) is 0 Å². The SMILES string of the molecule is COc1ccc(OP2OCC(C)(C)CO2)cc1. The van der Waals surface area contributed by atoms with Gasteiger partial charge in [0.05, 0.1) is 20.3 Å². The average Bonchev–Trinajstić information content (AvgIpc) is 2.33. The zero-order chi connectivity index (χ0) is 12.3. The van der Waals surface area contributed by atoms with E-state index in [9.17, 15) is 0 Å². The standard InChI is InChI=1S/C12H17O4P/c1-12(2)8-14-17(15-9-12)16-11-6-4-10(13-3)5-7-11/h4-7H,8-9H2,1-3H3. The highest BCUT2D eigenvalue weighted by Crippen LogP contribution is 2.46. The Labute approximate surface area is 103 Å². The first kappa shape index (κ1) is 12.6. The van der Waals surface area contributed by atoms with Crippen molar-refractivity contribution in [2.45, 2.75) is 13.8 Å². The number of hydrogen-bond donors (Lipinski definition) is 0. The minimum atomic E-state index is -1.26. The maximum absolute atomic E-state index is 5.61. The van der Waals surface area contributed by atoms with Gasteiger partial charge in [0.2, 0.25) is 0 Å². The van der Waals surface area contributed by atoms with Gasteiger partial charge in [0.1, 0.15) is 11.5 Å². The molecular formula is C12H17O4P. The lowest BCUT2D eigenvalue weighted by Crippen LogP contribution is -2.28. The molecule has 0 radical (unpaired) electrons. The molecule has 1 fully saturated rings. The van der Waals surface area contributed by atoms with Crippen molar-refractivity contribution in [1.29, 1.82) is 0 Å². The van der Waals surface area contributed by atoms with E-state index in [2.05, 4.69) is 13.8 Å². The molecule has 0 unspecified atom stereocenters. The number of hydrogen-bond acceptors (Lipinski definition) is 4. The Hall–Kier alpha value is -0.830. The van der Waals surface area contributed by atoms with E-state index >= 15 is 0 Å². The van der Waals surface area contributed by atoms with Crippen LogP contribution in [0, 0.1) is 5.41 Å². The van der Waals surface area contributed by atoms with Crippen molar-refractivity contribution in [1.82, 2.24) is 0 Å². The molecule has 0 aromatic heterocycles. The highest BCUT2D eigenvalue weighted by molar-refractivity contribution is 7.42. The molecule has 2 rings (SSSR count). The molecule has 1 aliphatic rings. The van der Waals surface area contributed by atoms with Crippen LogP contribution in [0.2, 0.25) is 0 Å². The third-order valence-electron chi connectivity index (χ3n) is 2.36. The maximum Gasteiger partial charge on any atom is 0.397 e. The Morgan fingerprint density at radius 2 is 1.59 bits per heavy atom. The molecule has 0 bridgehead atoms. The number of methoxy groups -OCH3 is 1. The quantitative estimate of drug-likeness (QED) is 0.777. The van der Waals surface area contributed by atoms with E-state index in [0.29, 0.717) is 13.2 Å². The van der Waals surface area contributed by atoms with Crippen LogP contribution in [-0.2, 0) is 9.05 Å². The van der Waals surface area contributed by atoms with Crippen LogP contribution in [0.5, 0.6) is 11.5 Å². The average molecular weight is 256 g/mol. The summed E-state index contributed by atoms with van der Waals surface area (Å²) in [6.07, 6.45) is 0. The van der Waals surface area contributed by atoms with Crippen LogP contribution in [-0.4, -0.2) is 20.3 Å². The van der Waals surface area contributed by atoms with Gasteiger partial charge in [0.25, 0.3) is 0 Å². The van der Waals surface area contributed by atoms with Gasteiger partial charge in [-0.25, -0.2) is 0 Å². The summed E-state index contributed by atoms with van der Waals surface area (Å²) < 4.78 is 21.8. The fraction of sp³-hybridized carbons (Fsp3) is 0.500. The summed E-state index contributed by atoms with van der Waals surface area (Å²) in [5.41, 5.74) is 0.0715. The Morgan fingerprint density at radius 1 is 1.06 bits per heavy atom. The molecule has 17 heavy (non-hydrogen) atoms. The molecule has 0 spiro atoms. The Morgan fingerprint density at radius 3 is 2.12 bits per heavy atom. The highest BCUT2D eigenvalue weighted by atomic mass is 31.2. The van der Waals surface area contributed by atoms with E-state index < -0.39 is 8.60 Å². The van der Waals surface area contributed by atoms with Crippen LogP contribution < -0.4 is 9.26 Å². The second kappa shape index (κ2) is 5.21. The molecule has 1 aromatic rings. The van der Waals surface area contributed by atoms with Crippen LogP contribution in [0.4, 0.5) is 0 Å². The lowest BCUT2D eigenvalue weighted by Gasteiger charge is -2.32. The fourth-order valence-electron chi connectivity index (χ4n) is 1.31. The van der Waals surface area contributed by atoms with Crippen LogP contribution in [0.1, 0.15) is 13.8 Å². The number of rotatable bonds is 3. The fourth-order valence-corrected chi connectivity index (χ4v) is 2.69.